The summed E-state index contributed by atoms with van der Waals surface area (Å²) in [5.74, 6) is 0.208. The van der Waals surface area contributed by atoms with Crippen LogP contribution in [0.25, 0.3) is 9.88 Å². The number of aryl methyl sites for hydroxylation is 1. The van der Waals surface area contributed by atoms with Crippen molar-refractivity contribution in [1.82, 2.24) is 4.98 Å². The molecular weight excluding hydrogens is 412 g/mol. The fraction of sp³-hybridized carbons (Fsp3) is 0.250. The molecule has 29 heavy (non-hydrogen) atoms. The molecule has 1 aliphatic heterocycles. The van der Waals surface area contributed by atoms with Gasteiger partial charge in [0.25, 0.3) is 5.91 Å². The maximum absolute atomic E-state index is 12.5. The van der Waals surface area contributed by atoms with Gasteiger partial charge in [0.05, 0.1) is 10.6 Å². The Kier molecular flexibility index (Phi) is 5.50. The number of esters is 1. The van der Waals surface area contributed by atoms with E-state index in [9.17, 15) is 9.59 Å². The lowest BCUT2D eigenvalue weighted by molar-refractivity contribution is -0.123. The molecule has 1 atom stereocenters. The van der Waals surface area contributed by atoms with Crippen molar-refractivity contribution in [2.24, 2.45) is 0 Å². The van der Waals surface area contributed by atoms with Crippen LogP contribution in [0, 0.1) is 6.92 Å². The van der Waals surface area contributed by atoms with Gasteiger partial charge >= 0.3 is 5.97 Å². The Balaban J connectivity index is 1.40. The van der Waals surface area contributed by atoms with Crippen molar-refractivity contribution in [3.05, 3.63) is 46.3 Å². The fourth-order valence-corrected chi connectivity index (χ4v) is 4.47. The van der Waals surface area contributed by atoms with Gasteiger partial charge in [0.1, 0.15) is 23.1 Å². The van der Waals surface area contributed by atoms with E-state index in [1.807, 2.05) is 17.5 Å². The highest BCUT2D eigenvalue weighted by Crippen LogP contribution is 2.33. The molecular formula is C20H18N2O5S2. The highest BCUT2D eigenvalue weighted by atomic mass is 32.1. The van der Waals surface area contributed by atoms with Crippen molar-refractivity contribution in [2.45, 2.75) is 20.0 Å². The van der Waals surface area contributed by atoms with Gasteiger partial charge in [-0.1, -0.05) is 6.07 Å². The second kappa shape index (κ2) is 8.22. The number of hydrogen-bond donors (Lipinski definition) is 1. The van der Waals surface area contributed by atoms with Crippen molar-refractivity contribution >= 4 is 40.2 Å². The van der Waals surface area contributed by atoms with E-state index in [2.05, 4.69) is 10.3 Å². The molecule has 4 rings (SSSR count). The summed E-state index contributed by atoms with van der Waals surface area (Å²) in [6.07, 6.45) is -0.970. The van der Waals surface area contributed by atoms with Crippen LogP contribution in [-0.4, -0.2) is 36.2 Å². The highest BCUT2D eigenvalue weighted by Gasteiger charge is 2.24. The van der Waals surface area contributed by atoms with Gasteiger partial charge in [0, 0.05) is 11.8 Å². The second-order valence-electron chi connectivity index (χ2n) is 6.31. The minimum absolute atomic E-state index is 0.396. The largest absolute Gasteiger partial charge is 0.486 e. The van der Waals surface area contributed by atoms with Gasteiger partial charge in [-0.3, -0.25) is 4.79 Å². The van der Waals surface area contributed by atoms with E-state index in [0.717, 1.165) is 9.88 Å². The highest BCUT2D eigenvalue weighted by molar-refractivity contribution is 7.22. The van der Waals surface area contributed by atoms with Crippen LogP contribution in [0.3, 0.4) is 0 Å². The van der Waals surface area contributed by atoms with Gasteiger partial charge in [-0.05, 0) is 37.4 Å². The van der Waals surface area contributed by atoms with Gasteiger partial charge in [0.2, 0.25) is 0 Å². The SMILES string of the molecule is Cc1nc(-c2cccs2)sc1C(=O)OC(C)C(=O)Nc1ccc2c(c1)OCCO2. The molecule has 2 aromatic heterocycles. The summed E-state index contributed by atoms with van der Waals surface area (Å²) < 4.78 is 16.3. The van der Waals surface area contributed by atoms with E-state index in [0.29, 0.717) is 41.0 Å². The number of thiazole rings is 1. The van der Waals surface area contributed by atoms with Crippen LogP contribution in [0.15, 0.2) is 35.7 Å². The lowest BCUT2D eigenvalue weighted by Gasteiger charge is -2.19. The molecule has 1 unspecified atom stereocenters. The Labute approximate surface area is 175 Å². The minimum atomic E-state index is -0.970. The Bertz CT molecular complexity index is 1050. The third-order valence-corrected chi connectivity index (χ3v) is 6.35. The second-order valence-corrected chi connectivity index (χ2v) is 8.25. The van der Waals surface area contributed by atoms with Crippen molar-refractivity contribution in [3.8, 4) is 21.4 Å². The number of benzene rings is 1. The van der Waals surface area contributed by atoms with Crippen LogP contribution < -0.4 is 14.8 Å². The van der Waals surface area contributed by atoms with E-state index in [1.54, 1.807) is 36.5 Å². The molecule has 3 aromatic rings. The third kappa shape index (κ3) is 4.25. The summed E-state index contributed by atoms with van der Waals surface area (Å²) >= 11 is 2.81. The van der Waals surface area contributed by atoms with Crippen LogP contribution >= 0.6 is 22.7 Å². The monoisotopic (exact) mass is 430 g/mol. The molecule has 0 bridgehead atoms. The molecule has 1 aromatic carbocycles. The van der Waals surface area contributed by atoms with Crippen molar-refractivity contribution < 1.29 is 23.8 Å². The average molecular weight is 431 g/mol. The lowest BCUT2D eigenvalue weighted by atomic mass is 10.2. The number of fused-ring (bicyclic) bond motifs is 1. The van der Waals surface area contributed by atoms with E-state index in [4.69, 9.17) is 14.2 Å². The maximum atomic E-state index is 12.5. The Morgan fingerprint density at radius 2 is 2.00 bits per heavy atom. The molecule has 0 spiro atoms. The van der Waals surface area contributed by atoms with Crippen LogP contribution in [0.4, 0.5) is 5.69 Å². The number of carbonyl (C=O) groups is 2. The maximum Gasteiger partial charge on any atom is 0.351 e. The molecule has 0 saturated heterocycles. The zero-order valence-corrected chi connectivity index (χ0v) is 17.4. The van der Waals surface area contributed by atoms with Gasteiger partial charge < -0.3 is 19.5 Å². The molecule has 0 radical (unpaired) electrons. The van der Waals surface area contributed by atoms with Gasteiger partial charge in [-0.2, -0.15) is 0 Å². The first-order valence-corrected chi connectivity index (χ1v) is 10.6. The van der Waals surface area contributed by atoms with Crippen molar-refractivity contribution in [3.63, 3.8) is 0 Å². The van der Waals surface area contributed by atoms with E-state index in [-0.39, 0.29) is 0 Å². The predicted octanol–water partition coefficient (Wildman–Crippen LogP) is 4.14. The number of amides is 1. The number of thiophene rings is 1. The quantitative estimate of drug-likeness (QED) is 0.613. The first-order valence-electron chi connectivity index (χ1n) is 8.94. The number of rotatable bonds is 5. The molecule has 9 heteroatoms. The smallest absolute Gasteiger partial charge is 0.351 e. The summed E-state index contributed by atoms with van der Waals surface area (Å²) in [7, 11) is 0. The average Bonchev–Trinajstić information content (AvgIpc) is 3.37. The zero-order valence-electron chi connectivity index (χ0n) is 15.8. The summed E-state index contributed by atoms with van der Waals surface area (Å²) in [6.45, 7) is 4.24. The number of aromatic nitrogens is 1. The fourth-order valence-electron chi connectivity index (χ4n) is 2.72. The number of nitrogens with one attached hydrogen (secondary N) is 1. The number of hydrogen-bond acceptors (Lipinski definition) is 8. The van der Waals surface area contributed by atoms with E-state index in [1.165, 1.54) is 18.3 Å². The topological polar surface area (TPSA) is 86.8 Å². The molecule has 7 nitrogen and oxygen atoms in total. The summed E-state index contributed by atoms with van der Waals surface area (Å²) in [6, 6.07) is 9.00. The molecule has 3 heterocycles. The standard InChI is InChI=1S/C20H18N2O5S2/c1-11-17(29-19(21-11)16-4-3-9-28-16)20(24)27-12(2)18(23)22-13-5-6-14-15(10-13)26-8-7-25-14/h3-6,9-10,12H,7-8H2,1-2H3,(H,22,23). The molecule has 1 N–H and O–H groups in total. The summed E-state index contributed by atoms with van der Waals surface area (Å²) in [5, 5.41) is 5.44. The minimum Gasteiger partial charge on any atom is -0.486 e. The van der Waals surface area contributed by atoms with Crippen LogP contribution in [-0.2, 0) is 9.53 Å². The van der Waals surface area contributed by atoms with Crippen LogP contribution in [0.2, 0.25) is 0 Å². The molecule has 0 aliphatic carbocycles. The molecule has 1 amide bonds. The lowest BCUT2D eigenvalue weighted by Crippen LogP contribution is -2.30. The van der Waals surface area contributed by atoms with Crippen LogP contribution in [0.5, 0.6) is 11.5 Å². The first kappa shape index (κ1) is 19.4. The first-order chi connectivity index (χ1) is 14.0. The number of ether oxygens (including phenoxy) is 3. The number of nitrogens with zero attached hydrogens (tertiary/aromatic N) is 1. The molecule has 0 fully saturated rings. The van der Waals surface area contributed by atoms with Gasteiger partial charge in [-0.25, -0.2) is 9.78 Å². The van der Waals surface area contributed by atoms with E-state index >= 15 is 0 Å². The summed E-state index contributed by atoms with van der Waals surface area (Å²) in [5.41, 5.74) is 1.12. The number of carbonyl (C=O) groups excluding carboxylic acids is 2. The van der Waals surface area contributed by atoms with Gasteiger partial charge in [-0.15, -0.1) is 22.7 Å². The van der Waals surface area contributed by atoms with Crippen LogP contribution in [0.1, 0.15) is 22.3 Å². The Morgan fingerprint density at radius 3 is 2.76 bits per heavy atom. The van der Waals surface area contributed by atoms with Crippen molar-refractivity contribution in [1.29, 1.82) is 0 Å². The van der Waals surface area contributed by atoms with Gasteiger partial charge in [0.15, 0.2) is 17.6 Å². The zero-order chi connectivity index (χ0) is 20.4. The van der Waals surface area contributed by atoms with E-state index < -0.39 is 18.0 Å². The summed E-state index contributed by atoms with van der Waals surface area (Å²) in [4.78, 5) is 30.8. The Morgan fingerprint density at radius 1 is 1.21 bits per heavy atom. The predicted molar refractivity (Wildman–Crippen MR) is 111 cm³/mol. The normalized spacial score (nSPS) is 13.6. The van der Waals surface area contributed by atoms with Crippen molar-refractivity contribution in [2.75, 3.05) is 18.5 Å². The Hall–Kier alpha value is -2.91. The third-order valence-electron chi connectivity index (χ3n) is 4.18. The number of anilines is 1. The molecule has 0 saturated carbocycles. The molecule has 1 aliphatic rings. The molecule has 150 valence electrons.